The Balaban J connectivity index is 1.61. The number of ether oxygens (including phenoxy) is 1. The first kappa shape index (κ1) is 20.8. The third kappa shape index (κ3) is 4.52. The Bertz CT molecular complexity index is 1130. The Morgan fingerprint density at radius 2 is 1.97 bits per heavy atom. The fraction of sp³-hybridized carbons (Fsp3) is 0.391. The highest BCUT2D eigenvalue weighted by Crippen LogP contribution is 2.30. The van der Waals surface area contributed by atoms with Crippen molar-refractivity contribution in [3.05, 3.63) is 58.0 Å². The van der Waals surface area contributed by atoms with Crippen LogP contribution in [0.3, 0.4) is 0 Å². The van der Waals surface area contributed by atoms with Gasteiger partial charge in [-0.05, 0) is 37.0 Å². The van der Waals surface area contributed by atoms with Crippen LogP contribution in [0.4, 0.5) is 5.95 Å². The summed E-state index contributed by atoms with van der Waals surface area (Å²) in [7, 11) is 1.64. The number of carboxylic acids is 1. The van der Waals surface area contributed by atoms with E-state index in [9.17, 15) is 14.7 Å². The summed E-state index contributed by atoms with van der Waals surface area (Å²) in [6.07, 6.45) is 8.90. The Hall–Kier alpha value is -3.42. The second kappa shape index (κ2) is 9.16. The summed E-state index contributed by atoms with van der Waals surface area (Å²) in [6, 6.07) is 8.00. The summed E-state index contributed by atoms with van der Waals surface area (Å²) in [5.41, 5.74) is 0.865. The van der Waals surface area contributed by atoms with Gasteiger partial charge in [0.1, 0.15) is 17.0 Å². The second-order valence-electron chi connectivity index (χ2n) is 7.83. The number of aromatic carboxylic acids is 1. The van der Waals surface area contributed by atoms with Crippen LogP contribution in [0, 0.1) is 0 Å². The molecule has 31 heavy (non-hydrogen) atoms. The lowest BCUT2D eigenvalue weighted by Crippen LogP contribution is -2.23. The minimum atomic E-state index is -1.22. The van der Waals surface area contributed by atoms with E-state index >= 15 is 0 Å². The molecule has 3 aromatic rings. The van der Waals surface area contributed by atoms with E-state index in [0.29, 0.717) is 18.1 Å². The Morgan fingerprint density at radius 1 is 1.23 bits per heavy atom. The molecule has 1 aliphatic carbocycles. The van der Waals surface area contributed by atoms with Gasteiger partial charge >= 0.3 is 5.97 Å². The molecule has 2 N–H and O–H groups in total. The number of aromatic nitrogens is 3. The number of carbonyl (C=O) groups is 1. The van der Waals surface area contributed by atoms with Crippen LogP contribution < -0.4 is 15.5 Å². The third-order valence-corrected chi connectivity index (χ3v) is 5.82. The number of hydrogen-bond acceptors (Lipinski definition) is 6. The molecule has 0 spiro atoms. The topological polar surface area (TPSA) is 106 Å². The first-order valence-electron chi connectivity index (χ1n) is 10.6. The zero-order chi connectivity index (χ0) is 21.8. The summed E-state index contributed by atoms with van der Waals surface area (Å²) in [5.74, 6) is 0.0159. The van der Waals surface area contributed by atoms with Crippen molar-refractivity contribution in [3.63, 3.8) is 0 Å². The van der Waals surface area contributed by atoms with E-state index in [0.717, 1.165) is 43.4 Å². The van der Waals surface area contributed by atoms with Crippen LogP contribution in [-0.4, -0.2) is 39.3 Å². The van der Waals surface area contributed by atoms with Crippen LogP contribution in [0.25, 0.3) is 11.0 Å². The molecule has 0 saturated heterocycles. The van der Waals surface area contributed by atoms with Crippen LogP contribution in [0.2, 0.25) is 0 Å². The van der Waals surface area contributed by atoms with Crippen LogP contribution in [0.15, 0.2) is 41.5 Å². The lowest BCUT2D eigenvalue weighted by Gasteiger charge is -2.26. The summed E-state index contributed by atoms with van der Waals surface area (Å²) < 4.78 is 7.05. The number of fused-ring (bicyclic) bond motifs is 1. The number of hydrogen-bond donors (Lipinski definition) is 2. The molecule has 2 aromatic heterocycles. The smallest absolute Gasteiger partial charge is 0.341 e. The van der Waals surface area contributed by atoms with Gasteiger partial charge in [0.25, 0.3) is 0 Å². The van der Waals surface area contributed by atoms with Gasteiger partial charge in [-0.15, -0.1) is 0 Å². The number of nitrogens with one attached hydrogen (secondary N) is 1. The van der Waals surface area contributed by atoms with Crippen molar-refractivity contribution in [2.24, 2.45) is 0 Å². The number of pyridine rings is 1. The Kier molecular flexibility index (Phi) is 6.16. The van der Waals surface area contributed by atoms with Crippen molar-refractivity contribution < 1.29 is 14.6 Å². The maximum atomic E-state index is 12.7. The molecule has 8 heteroatoms. The van der Waals surface area contributed by atoms with Gasteiger partial charge in [0.2, 0.25) is 11.4 Å². The van der Waals surface area contributed by atoms with Gasteiger partial charge in [-0.3, -0.25) is 4.79 Å². The molecule has 0 amide bonds. The molecule has 1 aromatic carbocycles. The van der Waals surface area contributed by atoms with Crippen LogP contribution in [-0.2, 0) is 6.42 Å². The lowest BCUT2D eigenvalue weighted by atomic mass is 9.95. The minimum Gasteiger partial charge on any atom is -0.497 e. The third-order valence-electron chi connectivity index (χ3n) is 5.82. The zero-order valence-electron chi connectivity index (χ0n) is 17.5. The predicted octanol–water partition coefficient (Wildman–Crippen LogP) is 3.66. The molecule has 1 aliphatic rings. The van der Waals surface area contributed by atoms with Crippen LogP contribution in [0.5, 0.6) is 5.75 Å². The first-order valence-corrected chi connectivity index (χ1v) is 10.6. The van der Waals surface area contributed by atoms with E-state index in [1.54, 1.807) is 7.11 Å². The molecule has 8 nitrogen and oxygen atoms in total. The monoisotopic (exact) mass is 422 g/mol. The predicted molar refractivity (Wildman–Crippen MR) is 118 cm³/mol. The fourth-order valence-electron chi connectivity index (χ4n) is 4.12. The molecule has 162 valence electrons. The van der Waals surface area contributed by atoms with Gasteiger partial charge in [-0.1, -0.05) is 31.4 Å². The molecule has 1 fully saturated rings. The number of nitrogens with zero attached hydrogens (tertiary/aromatic N) is 3. The highest BCUT2D eigenvalue weighted by atomic mass is 16.5. The summed E-state index contributed by atoms with van der Waals surface area (Å²) in [4.78, 5) is 33.1. The van der Waals surface area contributed by atoms with Gasteiger partial charge in [-0.2, -0.15) is 4.98 Å². The fourth-order valence-corrected chi connectivity index (χ4v) is 4.12. The van der Waals surface area contributed by atoms with Crippen molar-refractivity contribution in [2.75, 3.05) is 19.0 Å². The molecular formula is C23H26N4O4. The lowest BCUT2D eigenvalue weighted by molar-refractivity contribution is 0.0694. The average Bonchev–Trinajstić information content (AvgIpc) is 2.80. The summed E-state index contributed by atoms with van der Waals surface area (Å²) in [5, 5.41) is 12.9. The maximum absolute atomic E-state index is 12.7. The number of anilines is 1. The molecule has 2 heterocycles. The summed E-state index contributed by atoms with van der Waals surface area (Å²) in [6.45, 7) is 0.624. The molecule has 0 aliphatic heterocycles. The molecule has 0 radical (unpaired) electrons. The van der Waals surface area contributed by atoms with E-state index in [2.05, 4.69) is 15.3 Å². The number of benzene rings is 1. The largest absolute Gasteiger partial charge is 0.497 e. The maximum Gasteiger partial charge on any atom is 0.341 e. The van der Waals surface area contributed by atoms with Crippen molar-refractivity contribution in [3.8, 4) is 5.75 Å². The SMILES string of the molecule is COc1ccc(CCNc2ncc3c(=O)c(C(=O)O)cn(C4CCCCC4)c3n2)cc1. The van der Waals surface area contributed by atoms with Gasteiger partial charge in [0.05, 0.1) is 12.5 Å². The average molecular weight is 422 g/mol. The Labute approximate surface area is 179 Å². The van der Waals surface area contributed by atoms with E-state index in [4.69, 9.17) is 4.74 Å². The quantitative estimate of drug-likeness (QED) is 0.598. The molecule has 0 atom stereocenters. The second-order valence-corrected chi connectivity index (χ2v) is 7.83. The van der Waals surface area contributed by atoms with Crippen molar-refractivity contribution >= 4 is 23.0 Å². The zero-order valence-corrected chi connectivity index (χ0v) is 17.5. The van der Waals surface area contributed by atoms with Crippen LogP contribution >= 0.6 is 0 Å². The van der Waals surface area contributed by atoms with E-state index in [1.807, 2.05) is 28.8 Å². The highest BCUT2D eigenvalue weighted by molar-refractivity contribution is 5.91. The molecule has 0 bridgehead atoms. The highest BCUT2D eigenvalue weighted by Gasteiger charge is 2.22. The van der Waals surface area contributed by atoms with Crippen LogP contribution in [0.1, 0.15) is 54.1 Å². The number of methoxy groups -OCH3 is 1. The summed E-state index contributed by atoms with van der Waals surface area (Å²) >= 11 is 0. The number of carboxylic acid groups (broad SMARTS) is 1. The molecular weight excluding hydrogens is 396 g/mol. The van der Waals surface area contributed by atoms with E-state index < -0.39 is 11.4 Å². The van der Waals surface area contributed by atoms with Crippen molar-refractivity contribution in [2.45, 2.75) is 44.6 Å². The first-order chi connectivity index (χ1) is 15.1. The number of rotatable bonds is 7. The Morgan fingerprint density at radius 3 is 2.65 bits per heavy atom. The van der Waals surface area contributed by atoms with Gasteiger partial charge in [-0.25, -0.2) is 9.78 Å². The minimum absolute atomic E-state index is 0.136. The van der Waals surface area contributed by atoms with Gasteiger partial charge in [0, 0.05) is 25.0 Å². The van der Waals surface area contributed by atoms with E-state index in [1.165, 1.54) is 18.8 Å². The van der Waals surface area contributed by atoms with Crippen molar-refractivity contribution in [1.82, 2.24) is 14.5 Å². The standard InChI is InChI=1S/C23H26N4O4/c1-31-17-9-7-15(8-10-17)11-12-24-23-25-13-18-20(28)19(22(29)30)14-27(21(18)26-23)16-5-3-2-4-6-16/h7-10,13-14,16H,2-6,11-12H2,1H3,(H,29,30)(H,24,25,26). The van der Waals surface area contributed by atoms with E-state index in [-0.39, 0.29) is 17.0 Å². The van der Waals surface area contributed by atoms with Crippen molar-refractivity contribution in [1.29, 1.82) is 0 Å². The van der Waals surface area contributed by atoms with Gasteiger partial charge in [0.15, 0.2) is 0 Å². The molecule has 4 rings (SSSR count). The molecule has 0 unspecified atom stereocenters. The van der Waals surface area contributed by atoms with Gasteiger partial charge < -0.3 is 19.7 Å². The molecule has 1 saturated carbocycles. The normalized spacial score (nSPS) is 14.5.